The zero-order valence-corrected chi connectivity index (χ0v) is 15.5. The molecular formula is C18H26N2O3S. The lowest BCUT2D eigenvalue weighted by molar-refractivity contribution is -0.116. The van der Waals surface area contributed by atoms with Crippen LogP contribution in [-0.2, 0) is 14.6 Å². The van der Waals surface area contributed by atoms with Crippen LogP contribution in [0.4, 0.5) is 11.4 Å². The second-order valence-corrected chi connectivity index (χ2v) is 9.47. The molecule has 1 fully saturated rings. The first-order chi connectivity index (χ1) is 11.3. The minimum atomic E-state index is -3.36. The van der Waals surface area contributed by atoms with Gasteiger partial charge in [0, 0.05) is 19.1 Å². The van der Waals surface area contributed by atoms with Crippen molar-refractivity contribution in [3.05, 3.63) is 23.8 Å². The zero-order valence-electron chi connectivity index (χ0n) is 14.7. The monoisotopic (exact) mass is 350 g/mol. The standard InChI is InChI=1S/C18H26N2O3S/c1-13(2)11-24(22,23)12-17(21)20-10-9-19(15-7-8-15)18-14(3)5-4-6-16(18)20/h4-6,13,15H,7-12H2,1-3H3. The van der Waals surface area contributed by atoms with E-state index in [1.54, 1.807) is 4.90 Å². The number of fused-ring (bicyclic) bond motifs is 1. The van der Waals surface area contributed by atoms with Crippen molar-refractivity contribution < 1.29 is 13.2 Å². The number of hydrogen-bond donors (Lipinski definition) is 0. The Kier molecular flexibility index (Phi) is 4.60. The van der Waals surface area contributed by atoms with E-state index >= 15 is 0 Å². The summed E-state index contributed by atoms with van der Waals surface area (Å²) < 4.78 is 24.4. The highest BCUT2D eigenvalue weighted by atomic mass is 32.2. The van der Waals surface area contributed by atoms with Gasteiger partial charge < -0.3 is 9.80 Å². The molecule has 3 rings (SSSR count). The van der Waals surface area contributed by atoms with Gasteiger partial charge in [0.25, 0.3) is 0 Å². The molecule has 24 heavy (non-hydrogen) atoms. The number of benzene rings is 1. The Hall–Kier alpha value is -1.56. The number of hydrogen-bond acceptors (Lipinski definition) is 4. The molecule has 132 valence electrons. The molecule has 1 saturated carbocycles. The van der Waals surface area contributed by atoms with Crippen LogP contribution in [0.3, 0.4) is 0 Å². The van der Waals surface area contributed by atoms with Crippen molar-refractivity contribution in [1.82, 2.24) is 0 Å². The van der Waals surface area contributed by atoms with Crippen LogP contribution in [0.15, 0.2) is 18.2 Å². The summed E-state index contributed by atoms with van der Waals surface area (Å²) in [7, 11) is -3.36. The average molecular weight is 350 g/mol. The highest BCUT2D eigenvalue weighted by molar-refractivity contribution is 7.92. The highest BCUT2D eigenvalue weighted by Crippen LogP contribution is 2.42. The van der Waals surface area contributed by atoms with Crippen molar-refractivity contribution in [3.8, 4) is 0 Å². The van der Waals surface area contributed by atoms with E-state index < -0.39 is 15.6 Å². The van der Waals surface area contributed by atoms with Crippen LogP contribution in [0.2, 0.25) is 0 Å². The van der Waals surface area contributed by atoms with E-state index in [1.165, 1.54) is 12.8 Å². The summed E-state index contributed by atoms with van der Waals surface area (Å²) in [5.74, 6) is -0.620. The molecule has 5 nitrogen and oxygen atoms in total. The molecule has 1 amide bonds. The van der Waals surface area contributed by atoms with E-state index in [-0.39, 0.29) is 17.6 Å². The SMILES string of the molecule is Cc1cccc2c1N(C1CC1)CCN2C(=O)CS(=O)(=O)CC(C)C. The normalized spacial score (nSPS) is 18.0. The average Bonchev–Trinajstić information content (AvgIpc) is 3.28. The van der Waals surface area contributed by atoms with Gasteiger partial charge in [-0.25, -0.2) is 8.42 Å². The molecule has 0 radical (unpaired) electrons. The van der Waals surface area contributed by atoms with E-state index in [4.69, 9.17) is 0 Å². The van der Waals surface area contributed by atoms with Gasteiger partial charge in [-0.1, -0.05) is 26.0 Å². The number of carbonyl (C=O) groups is 1. The molecule has 1 heterocycles. The van der Waals surface area contributed by atoms with Crippen LogP contribution in [0, 0.1) is 12.8 Å². The maximum atomic E-state index is 12.7. The largest absolute Gasteiger partial charge is 0.365 e. The van der Waals surface area contributed by atoms with Crippen LogP contribution in [0.1, 0.15) is 32.3 Å². The molecule has 0 bridgehead atoms. The lowest BCUT2D eigenvalue weighted by Crippen LogP contribution is -2.47. The van der Waals surface area contributed by atoms with Gasteiger partial charge in [0.2, 0.25) is 5.91 Å². The summed E-state index contributed by atoms with van der Waals surface area (Å²) in [6.45, 7) is 7.10. The number of aryl methyl sites for hydroxylation is 1. The van der Waals surface area contributed by atoms with Crippen LogP contribution in [-0.4, -0.2) is 45.0 Å². The van der Waals surface area contributed by atoms with Crippen LogP contribution >= 0.6 is 0 Å². The van der Waals surface area contributed by atoms with Gasteiger partial charge >= 0.3 is 0 Å². The minimum absolute atomic E-state index is 0.0315. The lowest BCUT2D eigenvalue weighted by Gasteiger charge is -2.39. The van der Waals surface area contributed by atoms with Gasteiger partial charge in [0.15, 0.2) is 9.84 Å². The summed E-state index contributed by atoms with van der Waals surface area (Å²) in [5, 5.41) is 0. The predicted molar refractivity (Wildman–Crippen MR) is 97.4 cm³/mol. The van der Waals surface area contributed by atoms with Crippen LogP contribution in [0.25, 0.3) is 0 Å². The first-order valence-electron chi connectivity index (χ1n) is 8.65. The maximum absolute atomic E-state index is 12.7. The molecule has 0 aromatic heterocycles. The van der Waals surface area contributed by atoms with E-state index in [0.29, 0.717) is 12.6 Å². The molecule has 6 heteroatoms. The Morgan fingerprint density at radius 1 is 1.25 bits per heavy atom. The Morgan fingerprint density at radius 3 is 2.58 bits per heavy atom. The number of anilines is 2. The first-order valence-corrected chi connectivity index (χ1v) is 10.5. The van der Waals surface area contributed by atoms with Crippen molar-refractivity contribution in [2.45, 2.75) is 39.7 Å². The summed E-state index contributed by atoms with van der Waals surface area (Å²) in [6, 6.07) is 6.50. The molecule has 0 spiro atoms. The second-order valence-electron chi connectivity index (χ2n) is 7.36. The van der Waals surface area contributed by atoms with Crippen molar-refractivity contribution in [2.24, 2.45) is 5.92 Å². The van der Waals surface area contributed by atoms with Gasteiger partial charge in [0.05, 0.1) is 17.1 Å². The minimum Gasteiger partial charge on any atom is -0.365 e. The van der Waals surface area contributed by atoms with Crippen LogP contribution < -0.4 is 9.80 Å². The molecule has 1 aliphatic carbocycles. The van der Waals surface area contributed by atoms with Crippen molar-refractivity contribution in [3.63, 3.8) is 0 Å². The van der Waals surface area contributed by atoms with Crippen LogP contribution in [0.5, 0.6) is 0 Å². The molecule has 1 aromatic carbocycles. The quantitative estimate of drug-likeness (QED) is 0.818. The van der Waals surface area contributed by atoms with Gasteiger partial charge in [-0.15, -0.1) is 0 Å². The third kappa shape index (κ3) is 3.58. The fourth-order valence-corrected chi connectivity index (χ4v) is 5.18. The molecular weight excluding hydrogens is 324 g/mol. The third-order valence-electron chi connectivity index (χ3n) is 4.58. The Balaban J connectivity index is 1.86. The lowest BCUT2D eigenvalue weighted by atomic mass is 10.1. The molecule has 1 aromatic rings. The maximum Gasteiger partial charge on any atom is 0.242 e. The summed E-state index contributed by atoms with van der Waals surface area (Å²) >= 11 is 0. The Labute approximate surface area is 144 Å². The van der Waals surface area contributed by atoms with Crippen molar-refractivity contribution in [2.75, 3.05) is 34.4 Å². The fourth-order valence-electron chi connectivity index (χ4n) is 3.52. The van der Waals surface area contributed by atoms with E-state index in [0.717, 1.165) is 23.5 Å². The number of carbonyl (C=O) groups excluding carboxylic acids is 1. The second kappa shape index (κ2) is 6.39. The number of rotatable bonds is 5. The molecule has 2 aliphatic rings. The van der Waals surface area contributed by atoms with Crippen molar-refractivity contribution in [1.29, 1.82) is 0 Å². The summed E-state index contributed by atoms with van der Waals surface area (Å²) in [4.78, 5) is 16.7. The summed E-state index contributed by atoms with van der Waals surface area (Å²) in [6.07, 6.45) is 2.40. The number of amides is 1. The molecule has 0 saturated heterocycles. The fraction of sp³-hybridized carbons (Fsp3) is 0.611. The van der Waals surface area contributed by atoms with Gasteiger partial charge in [-0.2, -0.15) is 0 Å². The molecule has 0 atom stereocenters. The Bertz CT molecular complexity index is 739. The Morgan fingerprint density at radius 2 is 1.96 bits per heavy atom. The topological polar surface area (TPSA) is 57.7 Å². The van der Waals surface area contributed by atoms with E-state index in [1.807, 2.05) is 26.0 Å². The summed E-state index contributed by atoms with van der Waals surface area (Å²) in [5.41, 5.74) is 3.10. The number of nitrogens with zero attached hydrogens (tertiary/aromatic N) is 2. The number of para-hydroxylation sites is 1. The third-order valence-corrected chi connectivity index (χ3v) is 6.44. The van der Waals surface area contributed by atoms with E-state index in [2.05, 4.69) is 17.9 Å². The predicted octanol–water partition coefficient (Wildman–Crippen LogP) is 2.38. The number of sulfone groups is 1. The highest BCUT2D eigenvalue weighted by Gasteiger charge is 2.37. The molecule has 0 unspecified atom stereocenters. The zero-order chi connectivity index (χ0) is 17.5. The molecule has 0 N–H and O–H groups in total. The van der Waals surface area contributed by atoms with Gasteiger partial charge in [-0.05, 0) is 37.3 Å². The van der Waals surface area contributed by atoms with E-state index in [9.17, 15) is 13.2 Å². The van der Waals surface area contributed by atoms with Gasteiger partial charge in [-0.3, -0.25) is 4.79 Å². The smallest absolute Gasteiger partial charge is 0.242 e. The van der Waals surface area contributed by atoms with Gasteiger partial charge in [0.1, 0.15) is 5.75 Å². The first kappa shape index (κ1) is 17.3. The molecule has 1 aliphatic heterocycles. The van der Waals surface area contributed by atoms with Crippen molar-refractivity contribution >= 4 is 27.1 Å².